The molecule has 12 heterocycles. The molecule has 8 aliphatic rings. The topological polar surface area (TPSA) is 395 Å². The number of hydrogen-bond acceptors (Lipinski definition) is 17. The van der Waals surface area contributed by atoms with Crippen molar-refractivity contribution in [2.75, 3.05) is 68.7 Å². The summed E-state index contributed by atoms with van der Waals surface area (Å²) >= 11 is 6.08. The normalized spacial score (nSPS) is 20.2. The second kappa shape index (κ2) is 42.7. The van der Waals surface area contributed by atoms with E-state index in [9.17, 15) is 97.0 Å². The predicted octanol–water partition coefficient (Wildman–Crippen LogP) is 16.4. The van der Waals surface area contributed by atoms with Gasteiger partial charge in [0, 0.05) is 91.2 Å². The van der Waals surface area contributed by atoms with Gasteiger partial charge in [0.25, 0.3) is 0 Å². The summed E-state index contributed by atoms with van der Waals surface area (Å²) in [6.45, 7) is 16.0. The number of aryl methyl sites for hydroxylation is 8. The molecule has 39 heteroatoms. The minimum atomic E-state index is -4.62. The van der Waals surface area contributed by atoms with Crippen molar-refractivity contribution in [3.63, 3.8) is 0 Å². The number of alkyl halides is 9. The van der Waals surface area contributed by atoms with E-state index in [0.717, 1.165) is 138 Å². The highest BCUT2D eigenvalue weighted by Gasteiger charge is 2.42. The molecule has 0 spiro atoms. The van der Waals surface area contributed by atoms with Gasteiger partial charge in [-0.1, -0.05) is 87.8 Å². The molecular weight excluding hydrogens is 1780 g/mol. The zero-order chi connectivity index (χ0) is 97.1. The first-order valence-electron chi connectivity index (χ1n) is 43.9. The van der Waals surface area contributed by atoms with Gasteiger partial charge in [-0.25, -0.2) is 4.79 Å². The highest BCUT2D eigenvalue weighted by atomic mass is 35.5. The van der Waals surface area contributed by atoms with E-state index in [1.807, 2.05) is 50.2 Å². The van der Waals surface area contributed by atoms with Gasteiger partial charge in [0.1, 0.15) is 0 Å². The molecule has 10 N–H and O–H groups in total. The van der Waals surface area contributed by atoms with Crippen LogP contribution in [-0.2, 0) is 102 Å². The minimum absolute atomic E-state index is 0.0194. The average Bonchev–Trinajstić information content (AvgIpc) is 0.447. The van der Waals surface area contributed by atoms with E-state index >= 15 is 0 Å². The number of carbonyl (C=O) groups is 12. The van der Waals surface area contributed by atoms with Crippen LogP contribution in [0.3, 0.4) is 0 Å². The van der Waals surface area contributed by atoms with Gasteiger partial charge in [-0.15, -0.1) is 0 Å². The molecule has 8 aliphatic heterocycles. The Balaban J connectivity index is 0.000000155. The average molecular weight is 1880 g/mol. The summed E-state index contributed by atoms with van der Waals surface area (Å²) in [7, 11) is 0. The van der Waals surface area contributed by atoms with Gasteiger partial charge in [0.05, 0.1) is 93.1 Å². The van der Waals surface area contributed by atoms with E-state index in [4.69, 9.17) is 16.7 Å². The molecule has 4 aromatic heterocycles. The summed E-state index contributed by atoms with van der Waals surface area (Å²) in [5.74, 6) is -6.62. The fourth-order valence-electron chi connectivity index (χ4n) is 17.3. The Morgan fingerprint density at radius 2 is 0.642 bits per heavy atom. The zero-order valence-electron chi connectivity index (χ0n) is 74.6. The third-order valence-corrected chi connectivity index (χ3v) is 24.9. The number of aromatic nitrogens is 4. The Kier molecular flexibility index (Phi) is 31.8. The molecule has 16 rings (SSSR count). The Morgan fingerprint density at radius 3 is 0.925 bits per heavy atom. The van der Waals surface area contributed by atoms with Gasteiger partial charge in [0.2, 0.25) is 23.6 Å². The molecule has 4 aromatic carbocycles. The van der Waals surface area contributed by atoms with Gasteiger partial charge < -0.3 is 67.7 Å². The maximum Gasteiger partial charge on any atom is 0.418 e. The number of benzene rings is 4. The summed E-state index contributed by atoms with van der Waals surface area (Å²) in [5.41, 5.74) is 8.35. The SMILES string of the molecule is C[C@H]1CC[C@H](c2ccc3c(c2)CCC(=O)N3)NC1.Cc1ncc(NC(=O)C(=O)N2C[C@@H](C)CC[C@@H]2c2ccc3c(c2)CCC(=O)N3)cc1C(F)(F)F.Cc1ncc(NC(=O)C(=O)N2C[C@@H](C)CC[C@@H]2c2ccc3c(c2)CCC(=O)N3)cc1Cl.Cc1ncc(NC(=O)C(=O)N2C[C@H](C)CC[C@H]2c2ccc3c(c2)CCC(=O)N3)cc1C(F)(F)F.Cc1ncc(NC(=O)C(=O)O)cc1C(F)(F)F. The summed E-state index contributed by atoms with van der Waals surface area (Å²) in [6, 6.07) is 26.9. The monoisotopic (exact) mass is 1880 g/mol. The van der Waals surface area contributed by atoms with E-state index < -0.39 is 82.5 Å². The van der Waals surface area contributed by atoms with Crippen LogP contribution in [0.1, 0.15) is 213 Å². The van der Waals surface area contributed by atoms with Gasteiger partial charge in [-0.2, -0.15) is 39.5 Å². The number of nitrogens with one attached hydrogen (secondary N) is 9. The lowest BCUT2D eigenvalue weighted by Crippen LogP contribution is -2.46. The molecule has 134 heavy (non-hydrogen) atoms. The molecule has 0 bridgehead atoms. The first-order chi connectivity index (χ1) is 63.3. The number of amides is 11. The minimum Gasteiger partial charge on any atom is -0.474 e. The van der Waals surface area contributed by atoms with Crippen molar-refractivity contribution in [3.8, 4) is 0 Å². The van der Waals surface area contributed by atoms with Gasteiger partial charge >= 0.3 is 65.8 Å². The van der Waals surface area contributed by atoms with Crippen LogP contribution < -0.4 is 47.9 Å². The van der Waals surface area contributed by atoms with Crippen molar-refractivity contribution in [1.29, 1.82) is 0 Å². The number of fused-ring (bicyclic) bond motifs is 4. The van der Waals surface area contributed by atoms with Crippen LogP contribution in [0.4, 0.5) is 85.0 Å². The van der Waals surface area contributed by atoms with Crippen LogP contribution in [0.25, 0.3) is 0 Å². The fraction of sp³-hybridized carbons (Fsp3) is 0.411. The van der Waals surface area contributed by atoms with Crippen LogP contribution in [-0.4, -0.2) is 137 Å². The third-order valence-electron chi connectivity index (χ3n) is 24.6. The second-order valence-electron chi connectivity index (χ2n) is 34.9. The molecule has 4 fully saturated rings. The van der Waals surface area contributed by atoms with E-state index in [2.05, 4.69) is 101 Å². The first kappa shape index (κ1) is 99.7. The quantitative estimate of drug-likeness (QED) is 0.0499. The van der Waals surface area contributed by atoms with Crippen LogP contribution in [0.5, 0.6) is 0 Å². The zero-order valence-corrected chi connectivity index (χ0v) is 75.3. The Morgan fingerprint density at radius 1 is 0.366 bits per heavy atom. The summed E-state index contributed by atoms with van der Waals surface area (Å²) in [4.78, 5) is 164. The fourth-order valence-corrected chi connectivity index (χ4v) is 17.4. The number of anilines is 8. The number of carboxylic acid groups (broad SMARTS) is 1. The van der Waals surface area contributed by atoms with Crippen molar-refractivity contribution >= 4 is 128 Å². The largest absolute Gasteiger partial charge is 0.474 e. The van der Waals surface area contributed by atoms with Crippen molar-refractivity contribution in [3.05, 3.63) is 211 Å². The van der Waals surface area contributed by atoms with E-state index in [1.165, 1.54) is 53.8 Å². The number of likely N-dealkylation sites (tertiary alicyclic amines) is 3. The lowest BCUT2D eigenvalue weighted by Gasteiger charge is -2.39. The number of aliphatic carboxylic acids is 1. The van der Waals surface area contributed by atoms with Crippen molar-refractivity contribution in [2.24, 2.45) is 23.7 Å². The first-order valence-corrected chi connectivity index (χ1v) is 44.3. The molecule has 4 saturated heterocycles. The van der Waals surface area contributed by atoms with Crippen LogP contribution in [0.15, 0.2) is 122 Å². The van der Waals surface area contributed by atoms with E-state index in [0.29, 0.717) is 112 Å². The molecule has 0 saturated carbocycles. The molecule has 29 nitrogen and oxygen atoms in total. The number of halogens is 10. The number of nitrogens with zero attached hydrogens (tertiary/aromatic N) is 7. The lowest BCUT2D eigenvalue weighted by atomic mass is 9.88. The van der Waals surface area contributed by atoms with Gasteiger partial charge in [0.15, 0.2) is 0 Å². The highest BCUT2D eigenvalue weighted by Crippen LogP contribution is 2.43. The molecule has 710 valence electrons. The third kappa shape index (κ3) is 25.6. The number of carboxylic acids is 1. The summed E-state index contributed by atoms with van der Waals surface area (Å²) in [5, 5.41) is 32.8. The highest BCUT2D eigenvalue weighted by molar-refractivity contribution is 6.41. The Bertz CT molecular complexity index is 5690. The molecule has 0 radical (unpaired) electrons. The van der Waals surface area contributed by atoms with E-state index in [-0.39, 0.29) is 87.7 Å². The molecule has 8 atom stereocenters. The van der Waals surface area contributed by atoms with Crippen LogP contribution in [0.2, 0.25) is 5.02 Å². The van der Waals surface area contributed by atoms with Crippen molar-refractivity contribution < 1.29 is 102 Å². The second-order valence-corrected chi connectivity index (χ2v) is 35.4. The van der Waals surface area contributed by atoms with Gasteiger partial charge in [-0.3, -0.25) is 72.7 Å². The van der Waals surface area contributed by atoms with Crippen molar-refractivity contribution in [1.82, 2.24) is 40.0 Å². The van der Waals surface area contributed by atoms with Gasteiger partial charge in [-0.05, 0) is 228 Å². The van der Waals surface area contributed by atoms with Crippen LogP contribution >= 0.6 is 11.6 Å². The lowest BCUT2D eigenvalue weighted by molar-refractivity contribution is -0.147. The maximum absolute atomic E-state index is 13.2. The maximum atomic E-state index is 13.2. The number of piperidine rings is 4. The smallest absolute Gasteiger partial charge is 0.418 e. The van der Waals surface area contributed by atoms with Crippen LogP contribution in [0, 0.1) is 51.4 Å². The number of carbonyl (C=O) groups excluding carboxylic acids is 11. The number of rotatable bonds is 8. The Labute approximate surface area is 770 Å². The molecular formula is C95H102ClF9N16O13. The molecule has 11 amide bonds. The molecule has 8 aromatic rings. The molecule has 0 aliphatic carbocycles. The molecule has 0 unspecified atom stereocenters. The van der Waals surface area contributed by atoms with E-state index in [1.54, 1.807) is 35.3 Å². The Hall–Kier alpha value is -13.3. The summed E-state index contributed by atoms with van der Waals surface area (Å²) < 4.78 is 116. The number of hydrogen-bond donors (Lipinski definition) is 10. The predicted molar refractivity (Wildman–Crippen MR) is 479 cm³/mol. The van der Waals surface area contributed by atoms with Crippen molar-refractivity contribution in [2.45, 2.75) is 201 Å². The standard InChI is InChI=1S/2C24H25F3N4O3.C23H25ClN4O3.C15H20N2O.C9H7F3N2O3/c2*1-13-3-7-20(16-4-6-19-15(9-16)5-8-21(32)30-19)31(12-13)23(34)22(33)29-17-10-18(24(25,26)27)14(2)28-11-17;1-13-3-7-20(16-4-6-19-15(9-16)5-8-21(29)27-19)28(12-13)23(31)22(30)26-17-10-18(24)14(2)25-11-17;1-10-2-5-13(16-9-10)11-3-6-14-12(8-11)4-7-15(18)17-14;1-4-6(9(10,11)12)2-5(3-13-4)14-7(15)8(16)17/h2*4,6,9-11,13,20H,3,5,7-8,12H2,1-2H3,(H,29,33)(H,30,32);4,6,9-11,13,20H,3,5,7-8,12H2,1-2H3,(H,26,30)(H,27,29);3,6,8,10,13,16H,2,4-5,7,9H2,1H3,(H,17,18);2-3H,1H3,(H,14,15)(H,16,17)/t3*13-,20+;10-,13+;/m1000./s1. The number of pyridine rings is 4. The summed E-state index contributed by atoms with van der Waals surface area (Å²) in [6.07, 6.45) is 2.64.